The van der Waals surface area contributed by atoms with Crippen LogP contribution in [0, 0.1) is 13.8 Å². The van der Waals surface area contributed by atoms with Gasteiger partial charge in [0.2, 0.25) is 5.89 Å². The second kappa shape index (κ2) is 6.67. The summed E-state index contributed by atoms with van der Waals surface area (Å²) in [5.74, 6) is 0.550. The number of anilines is 1. The quantitative estimate of drug-likeness (QED) is 0.782. The van der Waals surface area contributed by atoms with Gasteiger partial charge in [0.05, 0.1) is 18.4 Å². The van der Waals surface area contributed by atoms with Crippen molar-refractivity contribution in [3.05, 3.63) is 54.2 Å². The van der Waals surface area contributed by atoms with Crippen LogP contribution < -0.4 is 5.32 Å². The standard InChI is InChI=1S/C19H21N5O2/c1-13-10-21-24(11-13)15-6-8-23(12-15)19(25)22-17-5-3-4-16(14(17)2)18-20-7-9-26-18/h3-5,7,9-11,15H,6,8,12H2,1-2H3,(H,22,25). The molecule has 1 aliphatic heterocycles. The molecule has 0 spiro atoms. The summed E-state index contributed by atoms with van der Waals surface area (Å²) in [6.07, 6.45) is 7.93. The number of likely N-dealkylation sites (tertiary alicyclic amines) is 1. The Hall–Kier alpha value is -3.09. The Balaban J connectivity index is 1.46. The topological polar surface area (TPSA) is 76.2 Å². The Morgan fingerprint density at radius 2 is 2.23 bits per heavy atom. The van der Waals surface area contributed by atoms with Crippen molar-refractivity contribution < 1.29 is 9.21 Å². The van der Waals surface area contributed by atoms with Crippen LogP contribution in [0.3, 0.4) is 0 Å². The Bertz CT molecular complexity index is 916. The first-order valence-electron chi connectivity index (χ1n) is 8.68. The monoisotopic (exact) mass is 351 g/mol. The van der Waals surface area contributed by atoms with Crippen LogP contribution >= 0.6 is 0 Å². The number of benzene rings is 1. The second-order valence-corrected chi connectivity index (χ2v) is 6.63. The number of urea groups is 1. The fourth-order valence-corrected chi connectivity index (χ4v) is 3.33. The number of carbonyl (C=O) groups excluding carboxylic acids is 1. The van der Waals surface area contributed by atoms with Gasteiger partial charge in [-0.3, -0.25) is 4.68 Å². The van der Waals surface area contributed by atoms with Crippen LogP contribution in [0.25, 0.3) is 11.5 Å². The number of aryl methyl sites for hydroxylation is 1. The summed E-state index contributed by atoms with van der Waals surface area (Å²) in [5.41, 5.74) is 3.71. The van der Waals surface area contributed by atoms with Gasteiger partial charge in [0.1, 0.15) is 6.26 Å². The van der Waals surface area contributed by atoms with Crippen LogP contribution in [-0.4, -0.2) is 38.8 Å². The molecule has 0 aliphatic carbocycles. The van der Waals surface area contributed by atoms with Crippen LogP contribution in [0.15, 0.2) is 47.5 Å². The molecule has 1 aromatic carbocycles. The predicted molar refractivity (Wildman–Crippen MR) is 97.9 cm³/mol. The molecule has 1 N–H and O–H groups in total. The molecule has 2 amide bonds. The van der Waals surface area contributed by atoms with Crippen molar-refractivity contribution in [3.63, 3.8) is 0 Å². The number of oxazole rings is 1. The number of nitrogens with one attached hydrogen (secondary N) is 1. The first kappa shape index (κ1) is 16.4. The van der Waals surface area contributed by atoms with Gasteiger partial charge in [-0.15, -0.1) is 0 Å². The molecule has 1 fully saturated rings. The lowest BCUT2D eigenvalue weighted by Gasteiger charge is -2.19. The largest absolute Gasteiger partial charge is 0.445 e. The van der Waals surface area contributed by atoms with Crippen LogP contribution in [0.1, 0.15) is 23.6 Å². The molecule has 134 valence electrons. The Morgan fingerprint density at radius 3 is 2.96 bits per heavy atom. The first-order valence-corrected chi connectivity index (χ1v) is 8.68. The zero-order chi connectivity index (χ0) is 18.1. The van der Waals surface area contributed by atoms with Crippen molar-refractivity contribution in [1.29, 1.82) is 0 Å². The zero-order valence-electron chi connectivity index (χ0n) is 14.8. The molecule has 0 bridgehead atoms. The van der Waals surface area contributed by atoms with Crippen molar-refractivity contribution in [3.8, 4) is 11.5 Å². The molecule has 4 rings (SSSR count). The van der Waals surface area contributed by atoms with Gasteiger partial charge in [0.15, 0.2) is 0 Å². The number of hydrogen-bond donors (Lipinski definition) is 1. The van der Waals surface area contributed by atoms with E-state index in [0.717, 1.165) is 28.8 Å². The highest BCUT2D eigenvalue weighted by molar-refractivity contribution is 5.91. The number of nitrogens with zero attached hydrogens (tertiary/aromatic N) is 4. The zero-order valence-corrected chi connectivity index (χ0v) is 14.8. The summed E-state index contributed by atoms with van der Waals surface area (Å²) < 4.78 is 7.34. The fraction of sp³-hybridized carbons (Fsp3) is 0.316. The van der Waals surface area contributed by atoms with Crippen LogP contribution in [0.2, 0.25) is 0 Å². The van der Waals surface area contributed by atoms with E-state index in [1.54, 1.807) is 12.5 Å². The number of carbonyl (C=O) groups is 1. The maximum atomic E-state index is 12.7. The van der Waals surface area contributed by atoms with Crippen LogP contribution in [0.4, 0.5) is 10.5 Å². The minimum Gasteiger partial charge on any atom is -0.445 e. The number of aromatic nitrogens is 3. The molecular formula is C19H21N5O2. The predicted octanol–water partition coefficient (Wildman–Crippen LogP) is 3.63. The van der Waals surface area contributed by atoms with E-state index in [0.29, 0.717) is 19.0 Å². The van der Waals surface area contributed by atoms with Crippen LogP contribution in [-0.2, 0) is 0 Å². The Kier molecular flexibility index (Phi) is 4.20. The Morgan fingerprint density at radius 1 is 1.35 bits per heavy atom. The third kappa shape index (κ3) is 3.08. The molecule has 3 heterocycles. The van der Waals surface area contributed by atoms with E-state index < -0.39 is 0 Å². The maximum Gasteiger partial charge on any atom is 0.321 e. The molecule has 1 unspecified atom stereocenters. The molecule has 3 aromatic rings. The highest BCUT2D eigenvalue weighted by atomic mass is 16.3. The number of amides is 2. The molecule has 0 saturated carbocycles. The van der Waals surface area contributed by atoms with Gasteiger partial charge in [-0.25, -0.2) is 9.78 Å². The Labute approximate surface area is 151 Å². The smallest absolute Gasteiger partial charge is 0.321 e. The minimum absolute atomic E-state index is 0.0935. The van der Waals surface area contributed by atoms with Gasteiger partial charge in [-0.1, -0.05) is 6.07 Å². The van der Waals surface area contributed by atoms with E-state index in [2.05, 4.69) is 15.4 Å². The normalized spacial score (nSPS) is 16.8. The number of hydrogen-bond acceptors (Lipinski definition) is 4. The van der Waals surface area contributed by atoms with E-state index in [1.807, 2.05) is 54.0 Å². The summed E-state index contributed by atoms with van der Waals surface area (Å²) in [4.78, 5) is 18.7. The molecule has 0 radical (unpaired) electrons. The van der Waals surface area contributed by atoms with Crippen molar-refractivity contribution in [1.82, 2.24) is 19.7 Å². The van der Waals surface area contributed by atoms with Crippen LogP contribution in [0.5, 0.6) is 0 Å². The molecule has 26 heavy (non-hydrogen) atoms. The summed E-state index contributed by atoms with van der Waals surface area (Å²) in [7, 11) is 0. The number of rotatable bonds is 3. The minimum atomic E-state index is -0.0935. The average Bonchev–Trinajstić information content (AvgIpc) is 3.37. The highest BCUT2D eigenvalue weighted by Gasteiger charge is 2.28. The van der Waals surface area contributed by atoms with E-state index >= 15 is 0 Å². The molecule has 1 aliphatic rings. The summed E-state index contributed by atoms with van der Waals surface area (Å²) in [6.45, 7) is 5.35. The molecule has 1 saturated heterocycles. The third-order valence-corrected chi connectivity index (χ3v) is 4.79. The van der Waals surface area contributed by atoms with Crippen molar-refractivity contribution >= 4 is 11.7 Å². The van der Waals surface area contributed by atoms with E-state index in [1.165, 1.54) is 0 Å². The maximum absolute atomic E-state index is 12.7. The van der Waals surface area contributed by atoms with Crippen molar-refractivity contribution in [2.45, 2.75) is 26.3 Å². The SMILES string of the molecule is Cc1cnn(C2CCN(C(=O)Nc3cccc(-c4ncco4)c3C)C2)c1. The summed E-state index contributed by atoms with van der Waals surface area (Å²) >= 11 is 0. The van der Waals surface area contributed by atoms with Crippen molar-refractivity contribution in [2.75, 3.05) is 18.4 Å². The highest BCUT2D eigenvalue weighted by Crippen LogP contribution is 2.28. The lowest BCUT2D eigenvalue weighted by molar-refractivity contribution is 0.220. The lowest BCUT2D eigenvalue weighted by atomic mass is 10.1. The fourth-order valence-electron chi connectivity index (χ4n) is 3.33. The summed E-state index contributed by atoms with van der Waals surface area (Å²) in [6, 6.07) is 5.85. The molecule has 7 heteroatoms. The lowest BCUT2D eigenvalue weighted by Crippen LogP contribution is -2.33. The first-order chi connectivity index (χ1) is 12.6. The molecular weight excluding hydrogens is 330 g/mol. The van der Waals surface area contributed by atoms with Gasteiger partial charge in [0, 0.05) is 30.5 Å². The molecule has 2 aromatic heterocycles. The second-order valence-electron chi connectivity index (χ2n) is 6.63. The van der Waals surface area contributed by atoms with E-state index in [4.69, 9.17) is 4.42 Å². The third-order valence-electron chi connectivity index (χ3n) is 4.79. The molecule has 1 atom stereocenters. The van der Waals surface area contributed by atoms with Crippen molar-refractivity contribution in [2.24, 2.45) is 0 Å². The van der Waals surface area contributed by atoms with Gasteiger partial charge in [-0.05, 0) is 43.5 Å². The van der Waals surface area contributed by atoms with Gasteiger partial charge >= 0.3 is 6.03 Å². The molecule has 7 nitrogen and oxygen atoms in total. The van der Waals surface area contributed by atoms with Gasteiger partial charge < -0.3 is 14.6 Å². The average molecular weight is 351 g/mol. The summed E-state index contributed by atoms with van der Waals surface area (Å²) in [5, 5.41) is 7.39. The van der Waals surface area contributed by atoms with E-state index in [9.17, 15) is 4.79 Å². The van der Waals surface area contributed by atoms with Gasteiger partial charge in [-0.2, -0.15) is 5.10 Å². The van der Waals surface area contributed by atoms with E-state index in [-0.39, 0.29) is 12.1 Å². The van der Waals surface area contributed by atoms with Gasteiger partial charge in [0.25, 0.3) is 0 Å².